The van der Waals surface area contributed by atoms with E-state index in [0.717, 1.165) is 18.7 Å². The fraction of sp³-hybridized carbons (Fsp3) is 0.538. The van der Waals surface area contributed by atoms with E-state index in [1.54, 1.807) is 0 Å². The highest BCUT2D eigenvalue weighted by Crippen LogP contribution is 2.24. The van der Waals surface area contributed by atoms with Gasteiger partial charge in [-0.2, -0.15) is 5.48 Å². The Hall–Kier alpha value is -1.02. The minimum absolute atomic E-state index is 0.900. The molecule has 0 saturated carbocycles. The molecule has 0 heterocycles. The lowest BCUT2D eigenvalue weighted by molar-refractivity contribution is 0.196. The maximum absolute atomic E-state index is 5.46. The van der Waals surface area contributed by atoms with Crippen molar-refractivity contribution in [2.24, 2.45) is 0 Å². The van der Waals surface area contributed by atoms with Crippen LogP contribution in [-0.4, -0.2) is 6.54 Å². The summed E-state index contributed by atoms with van der Waals surface area (Å²) in [6.07, 6.45) is 6.18. The van der Waals surface area contributed by atoms with Crippen LogP contribution in [0, 0.1) is 0 Å². The molecule has 2 heteroatoms. The van der Waals surface area contributed by atoms with Crippen LogP contribution < -0.4 is 10.3 Å². The van der Waals surface area contributed by atoms with E-state index in [0.29, 0.717) is 0 Å². The molecule has 1 aromatic carbocycles. The van der Waals surface area contributed by atoms with Gasteiger partial charge in [0.05, 0.1) is 0 Å². The Labute approximate surface area is 91.6 Å². The van der Waals surface area contributed by atoms with Crippen molar-refractivity contribution in [3.05, 3.63) is 29.3 Å². The summed E-state index contributed by atoms with van der Waals surface area (Å²) in [5.74, 6) is 0.948. The number of nitrogens with one attached hydrogen (secondary N) is 1. The van der Waals surface area contributed by atoms with Crippen molar-refractivity contribution in [3.8, 4) is 5.75 Å². The van der Waals surface area contributed by atoms with E-state index in [-0.39, 0.29) is 0 Å². The van der Waals surface area contributed by atoms with Crippen molar-refractivity contribution >= 4 is 0 Å². The number of rotatable bonds is 4. The van der Waals surface area contributed by atoms with Gasteiger partial charge in [-0.1, -0.05) is 13.0 Å². The van der Waals surface area contributed by atoms with Gasteiger partial charge in [0.25, 0.3) is 0 Å². The normalized spacial score (nSPS) is 14.7. The van der Waals surface area contributed by atoms with E-state index < -0.39 is 0 Å². The Kier molecular flexibility index (Phi) is 3.62. The van der Waals surface area contributed by atoms with Gasteiger partial charge in [0, 0.05) is 6.54 Å². The molecule has 0 aromatic heterocycles. The predicted octanol–water partition coefficient (Wildman–Crippen LogP) is 2.86. The minimum atomic E-state index is 0.900. The number of hydrogen-bond donors (Lipinski definition) is 1. The largest absolute Gasteiger partial charge is 0.409 e. The summed E-state index contributed by atoms with van der Waals surface area (Å²) in [5.41, 5.74) is 5.93. The van der Waals surface area contributed by atoms with Crippen molar-refractivity contribution in [3.63, 3.8) is 0 Å². The van der Waals surface area contributed by atoms with Gasteiger partial charge in [-0.15, -0.1) is 0 Å². The molecule has 0 radical (unpaired) electrons. The van der Waals surface area contributed by atoms with Crippen molar-refractivity contribution in [1.82, 2.24) is 5.48 Å². The van der Waals surface area contributed by atoms with Gasteiger partial charge in [0.1, 0.15) is 5.75 Å². The monoisotopic (exact) mass is 205 g/mol. The van der Waals surface area contributed by atoms with E-state index in [1.165, 1.54) is 36.8 Å². The van der Waals surface area contributed by atoms with E-state index in [4.69, 9.17) is 4.84 Å². The topological polar surface area (TPSA) is 21.3 Å². The molecule has 0 atom stereocenters. The maximum atomic E-state index is 5.46. The zero-order valence-electron chi connectivity index (χ0n) is 9.38. The number of aryl methyl sites for hydroxylation is 2. The second-order valence-electron chi connectivity index (χ2n) is 4.13. The highest BCUT2D eigenvalue weighted by Gasteiger charge is 2.09. The van der Waals surface area contributed by atoms with E-state index in [9.17, 15) is 0 Å². The molecule has 0 fully saturated rings. The first-order chi connectivity index (χ1) is 7.40. The molecule has 0 amide bonds. The molecule has 15 heavy (non-hydrogen) atoms. The van der Waals surface area contributed by atoms with Crippen LogP contribution in [0.15, 0.2) is 18.2 Å². The summed E-state index contributed by atoms with van der Waals surface area (Å²) < 4.78 is 0. The van der Waals surface area contributed by atoms with Crippen molar-refractivity contribution in [2.75, 3.05) is 6.54 Å². The number of hydroxylamine groups is 1. The lowest BCUT2D eigenvalue weighted by atomic mass is 9.92. The third kappa shape index (κ3) is 2.72. The molecule has 1 aliphatic carbocycles. The van der Waals surface area contributed by atoms with Gasteiger partial charge < -0.3 is 4.84 Å². The van der Waals surface area contributed by atoms with Gasteiger partial charge in [0.2, 0.25) is 0 Å². The first-order valence-electron chi connectivity index (χ1n) is 5.91. The minimum Gasteiger partial charge on any atom is -0.409 e. The number of benzene rings is 1. The molecule has 2 nitrogen and oxygen atoms in total. The molecule has 82 valence electrons. The van der Waals surface area contributed by atoms with E-state index >= 15 is 0 Å². The zero-order chi connectivity index (χ0) is 10.5. The molecular weight excluding hydrogens is 186 g/mol. The summed E-state index contributed by atoms with van der Waals surface area (Å²) in [6.45, 7) is 3.03. The Bertz CT molecular complexity index is 322. The number of fused-ring (bicyclic) bond motifs is 1. The molecule has 1 N–H and O–H groups in total. The summed E-state index contributed by atoms with van der Waals surface area (Å²) in [6, 6.07) is 6.45. The molecule has 2 rings (SSSR count). The van der Waals surface area contributed by atoms with Crippen LogP contribution in [0.25, 0.3) is 0 Å². The Balaban J connectivity index is 2.00. The summed E-state index contributed by atoms with van der Waals surface area (Å²) in [5, 5.41) is 0. The number of hydrogen-bond acceptors (Lipinski definition) is 2. The van der Waals surface area contributed by atoms with Crippen LogP contribution in [0.3, 0.4) is 0 Å². The maximum Gasteiger partial charge on any atom is 0.147 e. The fourth-order valence-electron chi connectivity index (χ4n) is 2.01. The predicted molar refractivity (Wildman–Crippen MR) is 62.0 cm³/mol. The van der Waals surface area contributed by atoms with Crippen LogP contribution >= 0.6 is 0 Å². The van der Waals surface area contributed by atoms with Gasteiger partial charge >= 0.3 is 0 Å². The van der Waals surface area contributed by atoms with Crippen LogP contribution in [0.2, 0.25) is 0 Å². The standard InChI is InChI=1S/C13H19NO/c1-2-9-14-15-13-8-7-11-5-3-4-6-12(11)10-13/h7-8,10,14H,2-6,9H2,1H3. The first kappa shape index (κ1) is 10.5. The average molecular weight is 205 g/mol. The Morgan fingerprint density at radius 1 is 1.20 bits per heavy atom. The van der Waals surface area contributed by atoms with Crippen molar-refractivity contribution in [1.29, 1.82) is 0 Å². The lowest BCUT2D eigenvalue weighted by Gasteiger charge is -2.16. The molecule has 0 bridgehead atoms. The van der Waals surface area contributed by atoms with Crippen LogP contribution in [0.1, 0.15) is 37.3 Å². The molecule has 0 unspecified atom stereocenters. The highest BCUT2D eigenvalue weighted by molar-refractivity contribution is 5.36. The SMILES string of the molecule is CCCNOc1ccc2c(c1)CCCC2. The lowest BCUT2D eigenvalue weighted by Crippen LogP contribution is -2.19. The molecule has 1 aliphatic rings. The Morgan fingerprint density at radius 3 is 2.80 bits per heavy atom. The second-order valence-corrected chi connectivity index (χ2v) is 4.13. The van der Waals surface area contributed by atoms with Crippen LogP contribution in [0.5, 0.6) is 5.75 Å². The smallest absolute Gasteiger partial charge is 0.147 e. The Morgan fingerprint density at radius 2 is 2.00 bits per heavy atom. The van der Waals surface area contributed by atoms with E-state index in [2.05, 4.69) is 30.6 Å². The molecule has 0 saturated heterocycles. The molecule has 1 aromatic rings. The van der Waals surface area contributed by atoms with Crippen LogP contribution in [-0.2, 0) is 12.8 Å². The van der Waals surface area contributed by atoms with Gasteiger partial charge in [-0.05, 0) is 55.4 Å². The third-order valence-electron chi connectivity index (χ3n) is 2.86. The van der Waals surface area contributed by atoms with Gasteiger partial charge in [0.15, 0.2) is 0 Å². The quantitative estimate of drug-likeness (QED) is 0.603. The van der Waals surface area contributed by atoms with Gasteiger partial charge in [-0.25, -0.2) is 0 Å². The molecule has 0 aliphatic heterocycles. The summed E-state index contributed by atoms with van der Waals surface area (Å²) in [4.78, 5) is 5.46. The summed E-state index contributed by atoms with van der Waals surface area (Å²) in [7, 11) is 0. The van der Waals surface area contributed by atoms with Crippen molar-refractivity contribution < 1.29 is 4.84 Å². The highest BCUT2D eigenvalue weighted by atomic mass is 16.6. The van der Waals surface area contributed by atoms with Crippen molar-refractivity contribution in [2.45, 2.75) is 39.0 Å². The zero-order valence-corrected chi connectivity index (χ0v) is 9.38. The fourth-order valence-corrected chi connectivity index (χ4v) is 2.01. The third-order valence-corrected chi connectivity index (χ3v) is 2.86. The van der Waals surface area contributed by atoms with E-state index in [1.807, 2.05) is 0 Å². The average Bonchev–Trinajstić information content (AvgIpc) is 2.29. The first-order valence-corrected chi connectivity index (χ1v) is 5.91. The second kappa shape index (κ2) is 5.17. The summed E-state index contributed by atoms with van der Waals surface area (Å²) >= 11 is 0. The molecular formula is C13H19NO. The van der Waals surface area contributed by atoms with Gasteiger partial charge in [-0.3, -0.25) is 0 Å². The van der Waals surface area contributed by atoms with Crippen LogP contribution in [0.4, 0.5) is 0 Å². The molecule has 0 spiro atoms.